The van der Waals surface area contributed by atoms with Gasteiger partial charge in [-0.15, -0.1) is 0 Å². The quantitative estimate of drug-likeness (QED) is 0.354. The highest BCUT2D eigenvalue weighted by Gasteiger charge is 1.87. The van der Waals surface area contributed by atoms with Crippen molar-refractivity contribution in [1.82, 2.24) is 0 Å². The third-order valence-corrected chi connectivity index (χ3v) is 1.38. The van der Waals surface area contributed by atoms with Gasteiger partial charge in [0, 0.05) is 12.4 Å². The third kappa shape index (κ3) is 8.62. The first kappa shape index (κ1) is 10.6. The Hall–Kier alpha value is 0.620. The van der Waals surface area contributed by atoms with Crippen LogP contribution in [0.2, 0.25) is 0 Å². The van der Waals surface area contributed by atoms with Crippen molar-refractivity contribution in [1.29, 1.82) is 0 Å². The second-order valence-corrected chi connectivity index (χ2v) is 2.58. The molecule has 0 saturated heterocycles. The molecule has 0 aliphatic carbocycles. The van der Waals surface area contributed by atoms with Gasteiger partial charge < -0.3 is 8.92 Å². The predicted octanol–water partition coefficient (Wildman–Crippen LogP) is 1.57. The Morgan fingerprint density at radius 3 is 2.30 bits per heavy atom. The molecule has 0 heterocycles. The van der Waals surface area contributed by atoms with E-state index < -0.39 is 0 Å². The van der Waals surface area contributed by atoms with Crippen molar-refractivity contribution in [2.45, 2.75) is 12.8 Å². The molecule has 0 aliphatic heterocycles. The fraction of sp³-hybridized carbons (Fsp3) is 1.00. The Labute approximate surface area is 73.3 Å². The van der Waals surface area contributed by atoms with E-state index in [1.165, 1.54) is 0 Å². The Bertz CT molecular complexity index is 53.7. The molecule has 0 rings (SSSR count). The van der Waals surface area contributed by atoms with E-state index in [1.807, 2.05) is 0 Å². The Morgan fingerprint density at radius 2 is 1.70 bits per heavy atom. The van der Waals surface area contributed by atoms with Gasteiger partial charge in [0.25, 0.3) is 0 Å². The van der Waals surface area contributed by atoms with Gasteiger partial charge in [-0.1, -0.05) is 0 Å². The fourth-order valence-corrected chi connectivity index (χ4v) is 0.796. The first-order chi connectivity index (χ1) is 4.91. The highest BCUT2D eigenvalue weighted by atomic mass is 32.1. The molecule has 0 spiro atoms. The summed E-state index contributed by atoms with van der Waals surface area (Å²) in [7, 11) is 0. The number of hydrogen-bond donors (Lipinski definition) is 2. The summed E-state index contributed by atoms with van der Waals surface area (Å²) in [6.45, 7) is 2.25. The van der Waals surface area contributed by atoms with E-state index in [4.69, 9.17) is 4.74 Å². The molecule has 0 bridgehead atoms. The second kappa shape index (κ2) is 9.62. The number of hydrogen-bond acceptors (Lipinski definition) is 4. The van der Waals surface area contributed by atoms with Crippen molar-refractivity contribution in [2.24, 2.45) is 0 Å². The lowest BCUT2D eigenvalue weighted by Crippen LogP contribution is -1.98. The molecule has 0 amide bonds. The van der Waals surface area contributed by atoms with E-state index in [2.05, 4.69) is 29.7 Å². The second-order valence-electron chi connectivity index (χ2n) is 1.88. The summed E-state index contributed by atoms with van der Waals surface area (Å²) in [4.78, 5) is 0. The maximum atomic E-state index is 5.17. The molecule has 0 saturated carbocycles. The smallest absolute Gasteiger partial charge is 0.0611 e. The molecule has 62 valence electrons. The molecule has 0 aliphatic rings. The molecule has 2 nitrogen and oxygen atoms in total. The van der Waals surface area contributed by atoms with Gasteiger partial charge in [-0.05, 0) is 25.8 Å². The van der Waals surface area contributed by atoms with Gasteiger partial charge in [0.05, 0.1) is 13.2 Å². The van der Waals surface area contributed by atoms with Crippen LogP contribution in [0.4, 0.5) is 0 Å². The number of ether oxygens (including phenoxy) is 1. The number of unbranched alkanes of at least 4 members (excludes halogenated alkanes) is 1. The van der Waals surface area contributed by atoms with Crippen LogP contribution in [-0.2, 0) is 8.92 Å². The minimum atomic E-state index is 0.702. The zero-order chi connectivity index (χ0) is 7.66. The molecule has 10 heavy (non-hydrogen) atoms. The van der Waals surface area contributed by atoms with Crippen LogP contribution in [0.15, 0.2) is 0 Å². The summed E-state index contributed by atoms with van der Waals surface area (Å²) in [6.07, 6.45) is 2.05. The summed E-state index contributed by atoms with van der Waals surface area (Å²) in [5.74, 6) is 0.795. The van der Waals surface area contributed by atoms with Crippen LogP contribution in [0.25, 0.3) is 0 Å². The van der Waals surface area contributed by atoms with E-state index in [1.54, 1.807) is 0 Å². The van der Waals surface area contributed by atoms with E-state index >= 15 is 0 Å². The average Bonchev–Trinajstić information content (AvgIpc) is 1.97. The lowest BCUT2D eigenvalue weighted by Gasteiger charge is -2.00. The maximum absolute atomic E-state index is 5.17. The third-order valence-electron chi connectivity index (χ3n) is 1.01. The summed E-state index contributed by atoms with van der Waals surface area (Å²) in [5, 5.41) is 0. The van der Waals surface area contributed by atoms with E-state index in [9.17, 15) is 0 Å². The average molecular weight is 182 g/mol. The molecule has 0 aromatic rings. The maximum Gasteiger partial charge on any atom is 0.0611 e. The molecule has 0 N–H and O–H groups in total. The van der Waals surface area contributed by atoms with Crippen molar-refractivity contribution in [3.8, 4) is 0 Å². The van der Waals surface area contributed by atoms with Crippen molar-refractivity contribution < 1.29 is 8.92 Å². The predicted molar refractivity (Wildman–Crippen MR) is 48.8 cm³/mol. The Balaban J connectivity index is 2.65. The lowest BCUT2D eigenvalue weighted by atomic mass is 10.3. The molecule has 0 unspecified atom stereocenters. The highest BCUT2D eigenvalue weighted by Crippen LogP contribution is 1.92. The Kier molecular flexibility index (Phi) is 10.2. The number of rotatable bonds is 7. The fourth-order valence-electron chi connectivity index (χ4n) is 0.537. The molecule has 0 fully saturated rings. The highest BCUT2D eigenvalue weighted by molar-refractivity contribution is 7.80. The zero-order valence-corrected chi connectivity index (χ0v) is 7.74. The molecule has 0 radical (unpaired) electrons. The first-order valence-electron chi connectivity index (χ1n) is 3.36. The minimum Gasteiger partial charge on any atom is -0.381 e. The topological polar surface area (TPSA) is 18.5 Å². The SMILES string of the molecule is SCCOCCCCOS. The van der Waals surface area contributed by atoms with E-state index in [0.29, 0.717) is 6.61 Å². The van der Waals surface area contributed by atoms with Crippen LogP contribution in [0.3, 0.4) is 0 Å². The van der Waals surface area contributed by atoms with Crippen molar-refractivity contribution >= 4 is 25.5 Å². The summed E-state index contributed by atoms with van der Waals surface area (Å²) >= 11 is 7.61. The Morgan fingerprint density at radius 1 is 1.00 bits per heavy atom. The van der Waals surface area contributed by atoms with Crippen LogP contribution in [0.5, 0.6) is 0 Å². The summed E-state index contributed by atoms with van der Waals surface area (Å²) in [5.41, 5.74) is 0. The molecule has 0 atom stereocenters. The lowest BCUT2D eigenvalue weighted by molar-refractivity contribution is 0.142. The van der Waals surface area contributed by atoms with E-state index in [-0.39, 0.29) is 0 Å². The van der Waals surface area contributed by atoms with Crippen LogP contribution >= 0.6 is 25.5 Å². The summed E-state index contributed by atoms with van der Waals surface area (Å²) < 4.78 is 9.74. The van der Waals surface area contributed by atoms with Gasteiger partial charge in [-0.25, -0.2) is 0 Å². The van der Waals surface area contributed by atoms with Crippen molar-refractivity contribution in [2.75, 3.05) is 25.6 Å². The van der Waals surface area contributed by atoms with Gasteiger partial charge in [0.1, 0.15) is 0 Å². The molecule has 0 aromatic heterocycles. The van der Waals surface area contributed by atoms with Gasteiger partial charge in [0.15, 0.2) is 0 Å². The van der Waals surface area contributed by atoms with Gasteiger partial charge >= 0.3 is 0 Å². The van der Waals surface area contributed by atoms with Gasteiger partial charge in [0.2, 0.25) is 0 Å². The van der Waals surface area contributed by atoms with Crippen LogP contribution in [-0.4, -0.2) is 25.6 Å². The van der Waals surface area contributed by atoms with Crippen LogP contribution in [0.1, 0.15) is 12.8 Å². The van der Waals surface area contributed by atoms with Gasteiger partial charge in [-0.2, -0.15) is 12.6 Å². The monoisotopic (exact) mass is 182 g/mol. The minimum absolute atomic E-state index is 0.702. The molecular formula is C6H14O2S2. The largest absolute Gasteiger partial charge is 0.381 e. The first-order valence-corrected chi connectivity index (χ1v) is 4.36. The van der Waals surface area contributed by atoms with Gasteiger partial charge in [-0.3, -0.25) is 0 Å². The van der Waals surface area contributed by atoms with E-state index in [0.717, 1.165) is 31.8 Å². The number of thiol groups is 2. The molecule has 0 aromatic carbocycles. The zero-order valence-electron chi connectivity index (χ0n) is 5.95. The van der Waals surface area contributed by atoms with Crippen molar-refractivity contribution in [3.05, 3.63) is 0 Å². The van der Waals surface area contributed by atoms with Crippen molar-refractivity contribution in [3.63, 3.8) is 0 Å². The van der Waals surface area contributed by atoms with Crippen LogP contribution in [0, 0.1) is 0 Å². The summed E-state index contributed by atoms with van der Waals surface area (Å²) in [6, 6.07) is 0. The normalized spacial score (nSPS) is 10.2. The molecule has 4 heteroatoms. The van der Waals surface area contributed by atoms with Crippen LogP contribution < -0.4 is 0 Å². The molecular weight excluding hydrogens is 168 g/mol. The standard InChI is InChI=1S/C6H14O2S2/c9-6-5-7-3-1-2-4-8-10/h9-10H,1-6H2.